The minimum absolute atomic E-state index is 0.776. The molecule has 1 nitrogen and oxygen atoms in total. The Morgan fingerprint density at radius 1 is 1.19 bits per heavy atom. The van der Waals surface area contributed by atoms with Gasteiger partial charge in [-0.15, -0.1) is 0 Å². The van der Waals surface area contributed by atoms with Gasteiger partial charge in [0.25, 0.3) is 0 Å². The highest BCUT2D eigenvalue weighted by molar-refractivity contribution is 8.77. The van der Waals surface area contributed by atoms with Crippen LogP contribution in [0.5, 0.6) is 0 Å². The van der Waals surface area contributed by atoms with E-state index in [1.165, 1.54) is 19.3 Å². The van der Waals surface area contributed by atoms with E-state index in [1.54, 1.807) is 0 Å². The van der Waals surface area contributed by atoms with Crippen LogP contribution in [0.3, 0.4) is 0 Å². The number of hydrogen-bond donors (Lipinski definition) is 0. The summed E-state index contributed by atoms with van der Waals surface area (Å²) >= 11 is 0. The largest absolute Gasteiger partial charge is 0.381 e. The summed E-state index contributed by atoms with van der Waals surface area (Å²) in [6, 6.07) is 0. The molecule has 1 aliphatic heterocycles. The van der Waals surface area contributed by atoms with Crippen LogP contribution in [0.15, 0.2) is 0 Å². The lowest BCUT2D eigenvalue weighted by molar-refractivity contribution is 0.100. The molecule has 1 fully saturated rings. The topological polar surface area (TPSA) is 9.23 Å². The molecule has 2 atom stereocenters. The van der Waals surface area contributed by atoms with Crippen molar-refractivity contribution >= 4 is 21.6 Å². The molecule has 1 saturated heterocycles. The first kappa shape index (κ1) is 14.7. The molecule has 0 N–H and O–H groups in total. The van der Waals surface area contributed by atoms with E-state index in [0.717, 1.165) is 35.5 Å². The van der Waals surface area contributed by atoms with Crippen LogP contribution in [0.1, 0.15) is 47.0 Å². The summed E-state index contributed by atoms with van der Waals surface area (Å²) in [6.07, 6.45) is 3.78. The summed E-state index contributed by atoms with van der Waals surface area (Å²) in [4.78, 5) is 0. The van der Waals surface area contributed by atoms with Crippen molar-refractivity contribution in [3.05, 3.63) is 0 Å². The van der Waals surface area contributed by atoms with Crippen LogP contribution in [0.25, 0.3) is 0 Å². The Bertz CT molecular complexity index is 179. The van der Waals surface area contributed by atoms with Crippen LogP contribution in [-0.4, -0.2) is 23.7 Å². The van der Waals surface area contributed by atoms with Gasteiger partial charge in [-0.2, -0.15) is 0 Å². The van der Waals surface area contributed by atoms with Gasteiger partial charge in [0.2, 0.25) is 0 Å². The number of rotatable bonds is 6. The van der Waals surface area contributed by atoms with E-state index in [9.17, 15) is 0 Å². The van der Waals surface area contributed by atoms with Gasteiger partial charge in [0.1, 0.15) is 0 Å². The predicted octanol–water partition coefficient (Wildman–Crippen LogP) is 4.62. The second-order valence-corrected chi connectivity index (χ2v) is 7.98. The zero-order valence-electron chi connectivity index (χ0n) is 11.1. The fraction of sp³-hybridized carbons (Fsp3) is 1.00. The SMILES string of the molecule is CCC(C(C)C)C(C)SSC1CCOCC1. The van der Waals surface area contributed by atoms with Crippen LogP contribution in [-0.2, 0) is 4.74 Å². The molecule has 0 amide bonds. The van der Waals surface area contributed by atoms with Crippen LogP contribution >= 0.6 is 21.6 Å². The van der Waals surface area contributed by atoms with E-state index < -0.39 is 0 Å². The Kier molecular flexibility index (Phi) is 7.25. The van der Waals surface area contributed by atoms with E-state index >= 15 is 0 Å². The second kappa shape index (κ2) is 7.88. The molecule has 0 saturated carbocycles. The van der Waals surface area contributed by atoms with Gasteiger partial charge in [-0.1, -0.05) is 55.7 Å². The van der Waals surface area contributed by atoms with E-state index in [2.05, 4.69) is 49.3 Å². The van der Waals surface area contributed by atoms with E-state index in [4.69, 9.17) is 4.74 Å². The maximum absolute atomic E-state index is 5.39. The van der Waals surface area contributed by atoms with Gasteiger partial charge in [0.05, 0.1) is 0 Å². The molecule has 1 heterocycles. The van der Waals surface area contributed by atoms with Crippen molar-refractivity contribution in [1.82, 2.24) is 0 Å². The summed E-state index contributed by atoms with van der Waals surface area (Å²) in [5.41, 5.74) is 0. The minimum atomic E-state index is 0.776. The first-order valence-corrected chi connectivity index (χ1v) is 8.82. The Labute approximate surface area is 109 Å². The van der Waals surface area contributed by atoms with Gasteiger partial charge < -0.3 is 4.74 Å². The van der Waals surface area contributed by atoms with Crippen molar-refractivity contribution in [2.75, 3.05) is 13.2 Å². The minimum Gasteiger partial charge on any atom is -0.381 e. The van der Waals surface area contributed by atoms with Gasteiger partial charge >= 0.3 is 0 Å². The van der Waals surface area contributed by atoms with Crippen LogP contribution in [0.4, 0.5) is 0 Å². The van der Waals surface area contributed by atoms with Gasteiger partial charge in [0.15, 0.2) is 0 Å². The summed E-state index contributed by atoms with van der Waals surface area (Å²) in [7, 11) is 4.21. The summed E-state index contributed by atoms with van der Waals surface area (Å²) in [5.74, 6) is 1.67. The van der Waals surface area contributed by atoms with Crippen molar-refractivity contribution in [2.24, 2.45) is 11.8 Å². The highest BCUT2D eigenvalue weighted by Gasteiger charge is 2.22. The molecule has 96 valence electrons. The standard InChI is InChI=1S/C13H26OS2/c1-5-13(10(2)3)11(4)15-16-12-6-8-14-9-7-12/h10-13H,5-9H2,1-4H3. The number of hydrogen-bond acceptors (Lipinski definition) is 3. The highest BCUT2D eigenvalue weighted by atomic mass is 33.1. The smallest absolute Gasteiger partial charge is 0.0476 e. The first-order chi connectivity index (χ1) is 7.65. The molecule has 3 heteroatoms. The average Bonchev–Trinajstić information content (AvgIpc) is 2.28. The van der Waals surface area contributed by atoms with Crippen LogP contribution in [0, 0.1) is 11.8 Å². The molecule has 0 aliphatic carbocycles. The second-order valence-electron chi connectivity index (χ2n) is 5.03. The lowest BCUT2D eigenvalue weighted by atomic mass is 9.91. The predicted molar refractivity (Wildman–Crippen MR) is 77.1 cm³/mol. The molecule has 1 rings (SSSR count). The lowest BCUT2D eigenvalue weighted by Crippen LogP contribution is -2.20. The lowest BCUT2D eigenvalue weighted by Gasteiger charge is -2.28. The van der Waals surface area contributed by atoms with E-state index in [-0.39, 0.29) is 0 Å². The quantitative estimate of drug-likeness (QED) is 0.647. The van der Waals surface area contributed by atoms with Crippen molar-refractivity contribution in [3.8, 4) is 0 Å². The summed E-state index contributed by atoms with van der Waals surface area (Å²) in [5, 5.41) is 1.60. The van der Waals surface area contributed by atoms with Crippen molar-refractivity contribution in [3.63, 3.8) is 0 Å². The first-order valence-electron chi connectivity index (χ1n) is 6.55. The van der Waals surface area contributed by atoms with Crippen molar-refractivity contribution in [1.29, 1.82) is 0 Å². The molecule has 2 unspecified atom stereocenters. The molecule has 1 aliphatic rings. The van der Waals surface area contributed by atoms with Crippen molar-refractivity contribution < 1.29 is 4.74 Å². The third-order valence-electron chi connectivity index (χ3n) is 3.44. The van der Waals surface area contributed by atoms with E-state index in [0.29, 0.717) is 0 Å². The molecule has 16 heavy (non-hydrogen) atoms. The third kappa shape index (κ3) is 4.89. The highest BCUT2D eigenvalue weighted by Crippen LogP contribution is 2.40. The normalized spacial score (nSPS) is 22.3. The number of ether oxygens (including phenoxy) is 1. The fourth-order valence-corrected chi connectivity index (χ4v) is 5.72. The van der Waals surface area contributed by atoms with Gasteiger partial charge in [-0.05, 0) is 24.7 Å². The van der Waals surface area contributed by atoms with Gasteiger partial charge in [0, 0.05) is 23.7 Å². The van der Waals surface area contributed by atoms with Crippen LogP contribution in [0.2, 0.25) is 0 Å². The zero-order valence-corrected chi connectivity index (χ0v) is 12.7. The molecule has 0 radical (unpaired) electrons. The molecule has 0 bridgehead atoms. The van der Waals surface area contributed by atoms with Gasteiger partial charge in [-0.25, -0.2) is 0 Å². The molecule has 0 aromatic heterocycles. The third-order valence-corrected chi connectivity index (χ3v) is 7.01. The molecule has 0 aromatic rings. The molecular formula is C13H26OS2. The maximum Gasteiger partial charge on any atom is 0.0476 e. The molecule has 0 spiro atoms. The molecular weight excluding hydrogens is 236 g/mol. The summed E-state index contributed by atoms with van der Waals surface area (Å²) < 4.78 is 5.39. The van der Waals surface area contributed by atoms with Crippen LogP contribution < -0.4 is 0 Å². The van der Waals surface area contributed by atoms with Gasteiger partial charge in [-0.3, -0.25) is 0 Å². The average molecular weight is 262 g/mol. The summed E-state index contributed by atoms with van der Waals surface area (Å²) in [6.45, 7) is 11.3. The fourth-order valence-electron chi connectivity index (χ4n) is 2.36. The maximum atomic E-state index is 5.39. The Balaban J connectivity index is 2.24. The Morgan fingerprint density at radius 3 is 2.31 bits per heavy atom. The van der Waals surface area contributed by atoms with Crippen molar-refractivity contribution in [2.45, 2.75) is 57.5 Å². The Hall–Kier alpha value is 0.660. The zero-order chi connectivity index (χ0) is 12.0. The monoisotopic (exact) mass is 262 g/mol. The molecule has 0 aromatic carbocycles. The van der Waals surface area contributed by atoms with E-state index in [1.807, 2.05) is 0 Å². The Morgan fingerprint density at radius 2 is 1.81 bits per heavy atom.